The van der Waals surface area contributed by atoms with Gasteiger partial charge in [-0.15, -0.1) is 0 Å². The molecule has 0 aliphatic carbocycles. The molecule has 0 bridgehead atoms. The number of imide groups is 1. The van der Waals surface area contributed by atoms with Gasteiger partial charge < -0.3 is 9.47 Å². The number of cyclic esters (lactones) is 1. The van der Waals surface area contributed by atoms with Crippen LogP contribution in [-0.4, -0.2) is 43.1 Å². The van der Waals surface area contributed by atoms with Gasteiger partial charge in [0.1, 0.15) is 0 Å². The number of rotatable bonds is 4. The van der Waals surface area contributed by atoms with Gasteiger partial charge >= 0.3 is 12.1 Å². The van der Waals surface area contributed by atoms with Crippen LogP contribution in [0.3, 0.4) is 0 Å². The lowest BCUT2D eigenvalue weighted by Gasteiger charge is -2.09. The highest BCUT2D eigenvalue weighted by atomic mass is 16.6. The number of ether oxygens (including phenoxy) is 2. The van der Waals surface area contributed by atoms with Gasteiger partial charge in [0.2, 0.25) is 0 Å². The minimum atomic E-state index is -0.639. The van der Waals surface area contributed by atoms with E-state index in [9.17, 15) is 14.4 Å². The molecular weight excluding hydrogens is 190 g/mol. The quantitative estimate of drug-likeness (QED) is 0.595. The van der Waals surface area contributed by atoms with E-state index >= 15 is 0 Å². The van der Waals surface area contributed by atoms with Crippen molar-refractivity contribution in [3.8, 4) is 0 Å². The maximum Gasteiger partial charge on any atom is 0.417 e. The first-order chi connectivity index (χ1) is 6.65. The zero-order chi connectivity index (χ0) is 10.6. The number of carbonyl (C=O) groups excluding carboxylic acids is 3. The number of nitrogens with zero attached hydrogens (tertiary/aromatic N) is 1. The van der Waals surface area contributed by atoms with Gasteiger partial charge in [-0.25, -0.2) is 9.69 Å². The van der Waals surface area contributed by atoms with Crippen LogP contribution in [0.5, 0.6) is 0 Å². The number of hydrogen-bond acceptors (Lipinski definition) is 5. The van der Waals surface area contributed by atoms with Gasteiger partial charge in [-0.3, -0.25) is 9.59 Å². The standard InChI is InChI=1S/C8H11NO5/c1-13-7(11)3-2-4-9-6(10)5-14-8(9)12/h2-5H2,1H3. The van der Waals surface area contributed by atoms with Crippen LogP contribution in [0.1, 0.15) is 12.8 Å². The number of esters is 1. The van der Waals surface area contributed by atoms with E-state index in [1.54, 1.807) is 0 Å². The summed E-state index contributed by atoms with van der Waals surface area (Å²) in [4.78, 5) is 33.6. The fraction of sp³-hybridized carbons (Fsp3) is 0.625. The van der Waals surface area contributed by atoms with E-state index in [2.05, 4.69) is 9.47 Å². The van der Waals surface area contributed by atoms with Crippen molar-refractivity contribution < 1.29 is 23.9 Å². The molecule has 1 saturated heterocycles. The van der Waals surface area contributed by atoms with Gasteiger partial charge in [0.15, 0.2) is 6.61 Å². The van der Waals surface area contributed by atoms with Crippen LogP contribution in [0.15, 0.2) is 0 Å². The highest BCUT2D eigenvalue weighted by molar-refractivity contribution is 5.97. The Morgan fingerprint density at radius 2 is 2.29 bits per heavy atom. The molecule has 0 saturated carbocycles. The molecule has 1 aliphatic rings. The number of hydrogen-bond donors (Lipinski definition) is 0. The Kier molecular flexibility index (Phi) is 3.44. The molecule has 1 fully saturated rings. The van der Waals surface area contributed by atoms with Crippen LogP contribution < -0.4 is 0 Å². The second kappa shape index (κ2) is 4.59. The topological polar surface area (TPSA) is 72.9 Å². The molecule has 2 amide bonds. The Labute approximate surface area is 80.8 Å². The van der Waals surface area contributed by atoms with E-state index in [4.69, 9.17) is 0 Å². The third kappa shape index (κ3) is 2.45. The summed E-state index contributed by atoms with van der Waals surface area (Å²) in [5.74, 6) is -0.718. The predicted molar refractivity (Wildman–Crippen MR) is 44.3 cm³/mol. The summed E-state index contributed by atoms with van der Waals surface area (Å²) in [6.45, 7) is 0.00379. The van der Waals surface area contributed by atoms with Crippen LogP contribution in [0.2, 0.25) is 0 Å². The van der Waals surface area contributed by atoms with Gasteiger partial charge in [0.25, 0.3) is 5.91 Å². The molecule has 0 unspecified atom stereocenters. The number of amides is 2. The molecule has 0 atom stereocenters. The summed E-state index contributed by atoms with van der Waals surface area (Å²) < 4.78 is 8.89. The highest BCUT2D eigenvalue weighted by Gasteiger charge is 2.30. The molecule has 0 spiro atoms. The van der Waals surface area contributed by atoms with Gasteiger partial charge in [0.05, 0.1) is 7.11 Å². The fourth-order valence-electron chi connectivity index (χ4n) is 1.08. The van der Waals surface area contributed by atoms with Gasteiger partial charge in [-0.2, -0.15) is 0 Å². The van der Waals surface area contributed by atoms with Crippen LogP contribution in [0.25, 0.3) is 0 Å². The van der Waals surface area contributed by atoms with Crippen LogP contribution in [0.4, 0.5) is 4.79 Å². The molecule has 0 aromatic heterocycles. The zero-order valence-corrected chi connectivity index (χ0v) is 7.82. The first-order valence-corrected chi connectivity index (χ1v) is 4.19. The fourth-order valence-corrected chi connectivity index (χ4v) is 1.08. The molecule has 0 radical (unpaired) electrons. The Bertz CT molecular complexity index is 246. The number of carbonyl (C=O) groups is 3. The van der Waals surface area contributed by atoms with E-state index in [1.165, 1.54) is 7.11 Å². The van der Waals surface area contributed by atoms with Crippen molar-refractivity contribution in [3.05, 3.63) is 0 Å². The maximum absolute atomic E-state index is 11.0. The zero-order valence-electron chi connectivity index (χ0n) is 7.82. The third-order valence-corrected chi connectivity index (χ3v) is 1.83. The molecule has 78 valence electrons. The minimum absolute atomic E-state index is 0.188. The first-order valence-electron chi connectivity index (χ1n) is 4.19. The van der Waals surface area contributed by atoms with E-state index in [0.717, 1.165) is 4.90 Å². The first kappa shape index (κ1) is 10.5. The molecule has 1 aliphatic heterocycles. The molecule has 1 rings (SSSR count). The summed E-state index contributed by atoms with van der Waals surface area (Å²) in [6, 6.07) is 0. The molecule has 14 heavy (non-hydrogen) atoms. The smallest absolute Gasteiger partial charge is 0.417 e. The summed E-state index contributed by atoms with van der Waals surface area (Å²) in [5, 5.41) is 0. The van der Waals surface area contributed by atoms with Crippen molar-refractivity contribution in [2.24, 2.45) is 0 Å². The van der Waals surface area contributed by atoms with E-state index in [1.807, 2.05) is 0 Å². The lowest BCUT2D eigenvalue weighted by molar-refractivity contribution is -0.141. The lowest BCUT2D eigenvalue weighted by atomic mass is 10.3. The largest absolute Gasteiger partial charge is 0.469 e. The Morgan fingerprint density at radius 1 is 1.57 bits per heavy atom. The van der Waals surface area contributed by atoms with E-state index in [-0.39, 0.29) is 31.4 Å². The summed E-state index contributed by atoms with van der Waals surface area (Å²) in [7, 11) is 1.29. The average molecular weight is 201 g/mol. The Balaban J connectivity index is 2.27. The van der Waals surface area contributed by atoms with Gasteiger partial charge in [-0.05, 0) is 6.42 Å². The second-order valence-corrected chi connectivity index (χ2v) is 2.78. The van der Waals surface area contributed by atoms with Gasteiger partial charge in [-0.1, -0.05) is 0 Å². The van der Waals surface area contributed by atoms with Crippen molar-refractivity contribution >= 4 is 18.0 Å². The molecule has 0 aromatic carbocycles. The maximum atomic E-state index is 11.0. The Hall–Kier alpha value is -1.59. The molecule has 0 N–H and O–H groups in total. The molecule has 6 nitrogen and oxygen atoms in total. The summed E-state index contributed by atoms with van der Waals surface area (Å²) >= 11 is 0. The summed E-state index contributed by atoms with van der Waals surface area (Å²) in [6.07, 6.45) is -0.0546. The van der Waals surface area contributed by atoms with Crippen LogP contribution in [-0.2, 0) is 19.1 Å². The van der Waals surface area contributed by atoms with E-state index < -0.39 is 6.09 Å². The van der Waals surface area contributed by atoms with Gasteiger partial charge in [0, 0.05) is 13.0 Å². The van der Waals surface area contributed by atoms with Crippen molar-refractivity contribution in [3.63, 3.8) is 0 Å². The summed E-state index contributed by atoms with van der Waals surface area (Å²) in [5.41, 5.74) is 0. The highest BCUT2D eigenvalue weighted by Crippen LogP contribution is 2.06. The average Bonchev–Trinajstić information content (AvgIpc) is 2.48. The van der Waals surface area contributed by atoms with Crippen LogP contribution in [0, 0.1) is 0 Å². The van der Waals surface area contributed by atoms with Crippen molar-refractivity contribution in [2.45, 2.75) is 12.8 Å². The Morgan fingerprint density at radius 3 is 2.79 bits per heavy atom. The second-order valence-electron chi connectivity index (χ2n) is 2.78. The monoisotopic (exact) mass is 201 g/mol. The molecule has 0 aromatic rings. The predicted octanol–water partition coefficient (Wildman–Crippen LogP) is -0.0816. The van der Waals surface area contributed by atoms with Crippen LogP contribution >= 0.6 is 0 Å². The van der Waals surface area contributed by atoms with Crippen molar-refractivity contribution in [1.82, 2.24) is 4.90 Å². The van der Waals surface area contributed by atoms with Crippen molar-refractivity contribution in [1.29, 1.82) is 0 Å². The number of methoxy groups -OCH3 is 1. The lowest BCUT2D eigenvalue weighted by Crippen LogP contribution is -2.30. The van der Waals surface area contributed by atoms with Crippen molar-refractivity contribution in [2.75, 3.05) is 20.3 Å². The normalized spacial score (nSPS) is 15.6. The SMILES string of the molecule is COC(=O)CCCN1C(=O)COC1=O. The molecule has 1 heterocycles. The minimum Gasteiger partial charge on any atom is -0.469 e. The molecular formula is C8H11NO5. The third-order valence-electron chi connectivity index (χ3n) is 1.83. The van der Waals surface area contributed by atoms with E-state index in [0.29, 0.717) is 6.42 Å². The molecule has 6 heteroatoms.